The Kier molecular flexibility index (Phi) is 7.40. The maximum absolute atomic E-state index is 11.8. The minimum atomic E-state index is 0.0432. The van der Waals surface area contributed by atoms with Gasteiger partial charge in [-0.3, -0.25) is 4.79 Å². The topological polar surface area (TPSA) is 41.1 Å². The lowest BCUT2D eigenvalue weighted by Gasteiger charge is -2.17. The second kappa shape index (κ2) is 9.54. The Bertz CT molecular complexity index is 738. The van der Waals surface area contributed by atoms with Crippen LogP contribution in [0.4, 0.5) is 0 Å². The highest BCUT2D eigenvalue weighted by molar-refractivity contribution is 5.86. The van der Waals surface area contributed by atoms with Crippen LogP contribution in [0, 0.1) is 5.41 Å². The predicted molar refractivity (Wildman–Crippen MR) is 111 cm³/mol. The van der Waals surface area contributed by atoms with Gasteiger partial charge in [0.05, 0.1) is 0 Å². The largest absolute Gasteiger partial charge is 0.356 e. The quantitative estimate of drug-likeness (QED) is 0.519. The highest BCUT2D eigenvalue weighted by Crippen LogP contribution is 2.23. The molecule has 0 spiro atoms. The fraction of sp³-hybridized carbons (Fsp3) is 0.435. The van der Waals surface area contributed by atoms with Crippen LogP contribution in [0.25, 0.3) is 10.8 Å². The van der Waals surface area contributed by atoms with Crippen LogP contribution >= 0.6 is 0 Å². The van der Waals surface area contributed by atoms with Gasteiger partial charge in [0, 0.05) is 25.6 Å². The van der Waals surface area contributed by atoms with Crippen LogP contribution in [-0.2, 0) is 4.79 Å². The van der Waals surface area contributed by atoms with Crippen molar-refractivity contribution in [3.63, 3.8) is 0 Å². The van der Waals surface area contributed by atoms with Crippen molar-refractivity contribution in [3.8, 4) is 0 Å². The van der Waals surface area contributed by atoms with E-state index in [2.05, 4.69) is 92.9 Å². The first kappa shape index (κ1) is 20.2. The Labute approximate surface area is 157 Å². The molecule has 1 amide bonds. The van der Waals surface area contributed by atoms with Gasteiger partial charge in [-0.25, -0.2) is 0 Å². The summed E-state index contributed by atoms with van der Waals surface area (Å²) in [6, 6.07) is 15.2. The van der Waals surface area contributed by atoms with E-state index in [0.717, 1.165) is 13.0 Å². The molecule has 1 atom stereocenters. The van der Waals surface area contributed by atoms with Gasteiger partial charge in [0.2, 0.25) is 5.91 Å². The van der Waals surface area contributed by atoms with E-state index in [1.807, 2.05) is 0 Å². The number of fused-ring (bicyclic) bond motifs is 1. The summed E-state index contributed by atoms with van der Waals surface area (Å²) in [6.07, 6.45) is 5.69. The van der Waals surface area contributed by atoms with Crippen molar-refractivity contribution in [2.24, 2.45) is 5.41 Å². The normalized spacial score (nSPS) is 13.2. The molecule has 0 saturated carbocycles. The van der Waals surface area contributed by atoms with Gasteiger partial charge >= 0.3 is 0 Å². The van der Waals surface area contributed by atoms with Crippen LogP contribution in [0.2, 0.25) is 0 Å². The molecule has 0 fully saturated rings. The number of rotatable bonds is 8. The van der Waals surface area contributed by atoms with Gasteiger partial charge in [-0.2, -0.15) is 0 Å². The van der Waals surface area contributed by atoms with E-state index < -0.39 is 0 Å². The van der Waals surface area contributed by atoms with Crippen molar-refractivity contribution < 1.29 is 4.79 Å². The van der Waals surface area contributed by atoms with E-state index in [0.29, 0.717) is 13.0 Å². The summed E-state index contributed by atoms with van der Waals surface area (Å²) in [5, 5.41) is 9.11. The molecule has 0 heterocycles. The highest BCUT2D eigenvalue weighted by atomic mass is 16.1. The summed E-state index contributed by atoms with van der Waals surface area (Å²) in [5.74, 6) is 0.133. The lowest BCUT2D eigenvalue weighted by atomic mass is 9.92. The fourth-order valence-electron chi connectivity index (χ4n) is 3.02. The number of carbonyl (C=O) groups excluding carboxylic acids is 1. The third-order valence-corrected chi connectivity index (χ3v) is 4.32. The molecule has 2 N–H and O–H groups in total. The van der Waals surface area contributed by atoms with E-state index in [1.165, 1.54) is 16.3 Å². The Morgan fingerprint density at radius 3 is 2.58 bits per heavy atom. The second-order valence-corrected chi connectivity index (χ2v) is 8.05. The lowest BCUT2D eigenvalue weighted by Crippen LogP contribution is -2.28. The Morgan fingerprint density at radius 1 is 1.08 bits per heavy atom. The van der Waals surface area contributed by atoms with Crippen molar-refractivity contribution in [2.75, 3.05) is 13.1 Å². The van der Waals surface area contributed by atoms with Crippen LogP contribution < -0.4 is 10.6 Å². The van der Waals surface area contributed by atoms with Crippen LogP contribution in [-0.4, -0.2) is 19.0 Å². The average molecular weight is 353 g/mol. The third-order valence-electron chi connectivity index (χ3n) is 4.32. The molecule has 0 radical (unpaired) electrons. The van der Waals surface area contributed by atoms with Crippen LogP contribution in [0.1, 0.15) is 52.1 Å². The SMILES string of the molecule is C[C@@H](NC/C=C/CCNC(=O)CC(C)(C)C)c1cccc2ccccc12. The van der Waals surface area contributed by atoms with Gasteiger partial charge < -0.3 is 10.6 Å². The molecular formula is C23H32N2O. The summed E-state index contributed by atoms with van der Waals surface area (Å²) in [5.41, 5.74) is 1.37. The molecule has 0 aliphatic carbocycles. The summed E-state index contributed by atoms with van der Waals surface area (Å²) in [7, 11) is 0. The molecule has 2 aromatic carbocycles. The van der Waals surface area contributed by atoms with Gasteiger partial charge in [-0.1, -0.05) is 75.4 Å². The molecule has 140 valence electrons. The zero-order valence-electron chi connectivity index (χ0n) is 16.5. The van der Waals surface area contributed by atoms with Crippen molar-refractivity contribution in [1.29, 1.82) is 0 Å². The summed E-state index contributed by atoms with van der Waals surface area (Å²) >= 11 is 0. The van der Waals surface area contributed by atoms with Crippen LogP contribution in [0.3, 0.4) is 0 Å². The zero-order chi connectivity index (χ0) is 19.0. The minimum absolute atomic E-state index is 0.0432. The number of hydrogen-bond donors (Lipinski definition) is 2. The predicted octanol–water partition coefficient (Wildman–Crippen LogP) is 4.99. The standard InChI is InChI=1S/C23H32N2O/c1-18(20-14-10-12-19-11-6-7-13-21(19)20)24-15-8-5-9-16-25-22(26)17-23(2,3)4/h5-8,10-14,18,24H,9,15-17H2,1-4H3,(H,25,26)/b8-5+/t18-/m1/s1. The van der Waals surface area contributed by atoms with Gasteiger partial charge in [0.15, 0.2) is 0 Å². The highest BCUT2D eigenvalue weighted by Gasteiger charge is 2.14. The van der Waals surface area contributed by atoms with E-state index >= 15 is 0 Å². The molecule has 3 nitrogen and oxygen atoms in total. The summed E-state index contributed by atoms with van der Waals surface area (Å²) < 4.78 is 0. The fourth-order valence-corrected chi connectivity index (χ4v) is 3.02. The molecule has 0 aliphatic rings. The molecule has 0 aliphatic heterocycles. The Morgan fingerprint density at radius 2 is 1.81 bits per heavy atom. The van der Waals surface area contributed by atoms with Gasteiger partial charge in [-0.15, -0.1) is 0 Å². The Hall–Kier alpha value is -2.13. The molecule has 0 aromatic heterocycles. The van der Waals surface area contributed by atoms with E-state index in [-0.39, 0.29) is 17.4 Å². The molecule has 2 aromatic rings. The molecule has 2 rings (SSSR count). The second-order valence-electron chi connectivity index (χ2n) is 8.05. The molecule has 26 heavy (non-hydrogen) atoms. The number of benzene rings is 2. The lowest BCUT2D eigenvalue weighted by molar-refractivity contribution is -0.122. The zero-order valence-corrected chi connectivity index (χ0v) is 16.5. The van der Waals surface area contributed by atoms with Gasteiger partial charge in [0.25, 0.3) is 0 Å². The van der Waals surface area contributed by atoms with Crippen molar-refractivity contribution in [3.05, 3.63) is 60.2 Å². The maximum atomic E-state index is 11.8. The Balaban J connectivity index is 1.72. The first-order chi connectivity index (χ1) is 12.4. The summed E-state index contributed by atoms with van der Waals surface area (Å²) in [4.78, 5) is 11.8. The van der Waals surface area contributed by atoms with E-state index in [9.17, 15) is 4.79 Å². The first-order valence-corrected chi connectivity index (χ1v) is 9.49. The first-order valence-electron chi connectivity index (χ1n) is 9.49. The average Bonchev–Trinajstić information content (AvgIpc) is 2.58. The molecule has 3 heteroatoms. The van der Waals surface area contributed by atoms with E-state index in [1.54, 1.807) is 0 Å². The number of carbonyl (C=O) groups is 1. The third kappa shape index (κ3) is 6.64. The van der Waals surface area contributed by atoms with Crippen molar-refractivity contribution in [1.82, 2.24) is 10.6 Å². The molecular weight excluding hydrogens is 320 g/mol. The van der Waals surface area contributed by atoms with Crippen molar-refractivity contribution >= 4 is 16.7 Å². The van der Waals surface area contributed by atoms with E-state index in [4.69, 9.17) is 0 Å². The number of hydrogen-bond acceptors (Lipinski definition) is 2. The smallest absolute Gasteiger partial charge is 0.220 e. The number of nitrogens with one attached hydrogen (secondary N) is 2. The summed E-state index contributed by atoms with van der Waals surface area (Å²) in [6.45, 7) is 9.95. The minimum Gasteiger partial charge on any atom is -0.356 e. The monoisotopic (exact) mass is 352 g/mol. The van der Waals surface area contributed by atoms with Gasteiger partial charge in [0.1, 0.15) is 0 Å². The van der Waals surface area contributed by atoms with Gasteiger partial charge in [-0.05, 0) is 35.1 Å². The number of amides is 1. The molecule has 0 bridgehead atoms. The molecule has 0 unspecified atom stereocenters. The van der Waals surface area contributed by atoms with Crippen molar-refractivity contribution in [2.45, 2.75) is 46.6 Å². The maximum Gasteiger partial charge on any atom is 0.220 e. The molecule has 0 saturated heterocycles. The van der Waals surface area contributed by atoms with Crippen LogP contribution in [0.5, 0.6) is 0 Å². The van der Waals surface area contributed by atoms with Crippen LogP contribution in [0.15, 0.2) is 54.6 Å².